The minimum absolute atomic E-state index is 0.122. The van der Waals surface area contributed by atoms with Crippen molar-refractivity contribution in [2.75, 3.05) is 12.4 Å². The molecule has 0 heterocycles. The third-order valence-electron chi connectivity index (χ3n) is 5.07. The molecular formula is C25H20N6O5. The average molecular weight is 484 g/mol. The molecule has 0 spiro atoms. The van der Waals surface area contributed by atoms with Crippen molar-refractivity contribution in [2.45, 2.75) is 6.92 Å². The largest absolute Gasteiger partial charge is 0.507 e. The Labute approximate surface area is 204 Å². The van der Waals surface area contributed by atoms with E-state index in [0.717, 1.165) is 0 Å². The number of azo groups is 2. The van der Waals surface area contributed by atoms with E-state index < -0.39 is 4.92 Å². The number of carbonyl (C=O) groups excluding carboxylic acids is 1. The van der Waals surface area contributed by atoms with E-state index in [1.807, 2.05) is 18.2 Å². The highest BCUT2D eigenvalue weighted by atomic mass is 16.6. The Hall–Kier alpha value is -5.19. The van der Waals surface area contributed by atoms with Crippen LogP contribution in [0.2, 0.25) is 0 Å². The number of nitro benzene ring substituents is 1. The maximum absolute atomic E-state index is 11.8. The Bertz CT molecular complexity index is 1530. The number of benzene rings is 4. The number of nitro groups is 1. The van der Waals surface area contributed by atoms with Gasteiger partial charge in [-0.3, -0.25) is 14.9 Å². The molecule has 0 saturated carbocycles. The van der Waals surface area contributed by atoms with Crippen LogP contribution < -0.4 is 10.1 Å². The molecule has 0 aliphatic heterocycles. The summed E-state index contributed by atoms with van der Waals surface area (Å²) >= 11 is 0. The highest BCUT2D eigenvalue weighted by molar-refractivity contribution is 5.96. The van der Waals surface area contributed by atoms with Crippen molar-refractivity contribution in [3.63, 3.8) is 0 Å². The Kier molecular flexibility index (Phi) is 6.91. The summed E-state index contributed by atoms with van der Waals surface area (Å²) in [6, 6.07) is 19.2. The molecule has 0 unspecified atom stereocenters. The van der Waals surface area contributed by atoms with Gasteiger partial charge in [0.25, 0.3) is 5.69 Å². The SMILES string of the molecule is COc1cc(N=Nc2cccc([N+](=O)[O-])c2)c(NC(C)=O)cc1N=Nc1ccc(O)c2ccccc12. The van der Waals surface area contributed by atoms with Crippen LogP contribution in [0.15, 0.2) is 93.3 Å². The van der Waals surface area contributed by atoms with Gasteiger partial charge in [-0.25, -0.2) is 0 Å². The lowest BCUT2D eigenvalue weighted by atomic mass is 10.1. The van der Waals surface area contributed by atoms with Crippen LogP contribution in [0.5, 0.6) is 11.5 Å². The number of nitrogens with zero attached hydrogens (tertiary/aromatic N) is 5. The Morgan fingerprint density at radius 3 is 2.33 bits per heavy atom. The molecule has 0 saturated heterocycles. The van der Waals surface area contributed by atoms with Crippen molar-refractivity contribution < 1.29 is 19.6 Å². The lowest BCUT2D eigenvalue weighted by Crippen LogP contribution is -2.05. The number of hydrogen-bond donors (Lipinski definition) is 2. The first-order valence-corrected chi connectivity index (χ1v) is 10.6. The van der Waals surface area contributed by atoms with Gasteiger partial charge < -0.3 is 15.2 Å². The zero-order valence-corrected chi connectivity index (χ0v) is 19.2. The van der Waals surface area contributed by atoms with E-state index >= 15 is 0 Å². The molecular weight excluding hydrogens is 464 g/mol. The summed E-state index contributed by atoms with van der Waals surface area (Å²) in [5, 5.41) is 42.0. The van der Waals surface area contributed by atoms with Crippen molar-refractivity contribution in [2.24, 2.45) is 20.5 Å². The first-order chi connectivity index (χ1) is 17.4. The highest BCUT2D eigenvalue weighted by Gasteiger charge is 2.13. The fourth-order valence-electron chi connectivity index (χ4n) is 3.41. The summed E-state index contributed by atoms with van der Waals surface area (Å²) in [4.78, 5) is 22.3. The van der Waals surface area contributed by atoms with Gasteiger partial charge in [-0.15, -0.1) is 15.3 Å². The van der Waals surface area contributed by atoms with Crippen LogP contribution in [0.1, 0.15) is 6.92 Å². The van der Waals surface area contributed by atoms with Crippen LogP contribution in [-0.2, 0) is 4.79 Å². The first kappa shape index (κ1) is 24.0. The zero-order chi connectivity index (χ0) is 25.7. The number of fused-ring (bicyclic) bond motifs is 1. The third-order valence-corrected chi connectivity index (χ3v) is 5.07. The van der Waals surface area contributed by atoms with Crippen molar-refractivity contribution in [3.8, 4) is 11.5 Å². The maximum Gasteiger partial charge on any atom is 0.271 e. The summed E-state index contributed by atoms with van der Waals surface area (Å²) in [7, 11) is 1.45. The van der Waals surface area contributed by atoms with E-state index in [4.69, 9.17) is 4.74 Å². The van der Waals surface area contributed by atoms with Crippen LogP contribution in [-0.4, -0.2) is 23.0 Å². The number of carbonyl (C=O) groups is 1. The number of amides is 1. The lowest BCUT2D eigenvalue weighted by Gasteiger charge is -2.10. The highest BCUT2D eigenvalue weighted by Crippen LogP contribution is 2.41. The van der Waals surface area contributed by atoms with Gasteiger partial charge in [0.2, 0.25) is 5.91 Å². The maximum atomic E-state index is 11.8. The number of methoxy groups -OCH3 is 1. The molecule has 11 heteroatoms. The lowest BCUT2D eigenvalue weighted by molar-refractivity contribution is -0.384. The average Bonchev–Trinajstić information content (AvgIpc) is 2.87. The molecule has 36 heavy (non-hydrogen) atoms. The second-order valence-corrected chi connectivity index (χ2v) is 7.55. The minimum Gasteiger partial charge on any atom is -0.507 e. The van der Waals surface area contributed by atoms with Gasteiger partial charge in [0.05, 0.1) is 29.1 Å². The fourth-order valence-corrected chi connectivity index (χ4v) is 3.41. The predicted octanol–water partition coefficient (Wildman–Crippen LogP) is 7.25. The van der Waals surface area contributed by atoms with Crippen LogP contribution in [0, 0.1) is 10.1 Å². The second kappa shape index (κ2) is 10.4. The number of phenolic OH excluding ortho intramolecular Hbond substituents is 1. The molecule has 180 valence electrons. The van der Waals surface area contributed by atoms with Crippen LogP contribution in [0.3, 0.4) is 0 Å². The molecule has 4 aromatic rings. The second-order valence-electron chi connectivity index (χ2n) is 7.55. The molecule has 0 aliphatic carbocycles. The molecule has 0 aliphatic rings. The number of anilines is 1. The molecule has 2 N–H and O–H groups in total. The predicted molar refractivity (Wildman–Crippen MR) is 134 cm³/mol. The fraction of sp³-hybridized carbons (Fsp3) is 0.0800. The molecule has 11 nitrogen and oxygen atoms in total. The van der Waals surface area contributed by atoms with Crippen molar-refractivity contribution >= 4 is 50.8 Å². The van der Waals surface area contributed by atoms with Gasteiger partial charge in [0.1, 0.15) is 22.9 Å². The molecule has 0 radical (unpaired) electrons. The summed E-state index contributed by atoms with van der Waals surface area (Å²) in [6.45, 7) is 1.34. The molecule has 0 fully saturated rings. The summed E-state index contributed by atoms with van der Waals surface area (Å²) in [5.74, 6) is 0.0943. The van der Waals surface area contributed by atoms with E-state index in [1.165, 1.54) is 50.4 Å². The Balaban J connectivity index is 1.74. The van der Waals surface area contributed by atoms with E-state index in [-0.39, 0.29) is 28.7 Å². The van der Waals surface area contributed by atoms with Gasteiger partial charge in [0.15, 0.2) is 0 Å². The normalized spacial score (nSPS) is 11.3. The number of phenols is 1. The minimum atomic E-state index is -0.526. The van der Waals surface area contributed by atoms with Gasteiger partial charge in [-0.1, -0.05) is 30.3 Å². The summed E-state index contributed by atoms with van der Waals surface area (Å²) < 4.78 is 5.45. The number of aromatic hydroxyl groups is 1. The zero-order valence-electron chi connectivity index (χ0n) is 19.2. The quantitative estimate of drug-likeness (QED) is 0.161. The molecule has 0 atom stereocenters. The van der Waals surface area contributed by atoms with Gasteiger partial charge in [-0.2, -0.15) is 5.11 Å². The Morgan fingerprint density at radius 1 is 0.889 bits per heavy atom. The Morgan fingerprint density at radius 2 is 1.61 bits per heavy atom. The van der Waals surface area contributed by atoms with E-state index in [0.29, 0.717) is 33.6 Å². The number of rotatable bonds is 7. The molecule has 4 rings (SSSR count). The molecule has 0 aromatic heterocycles. The van der Waals surface area contributed by atoms with Gasteiger partial charge in [0, 0.05) is 35.9 Å². The van der Waals surface area contributed by atoms with Crippen molar-refractivity contribution in [1.82, 2.24) is 0 Å². The van der Waals surface area contributed by atoms with E-state index in [2.05, 4.69) is 25.8 Å². The van der Waals surface area contributed by atoms with Gasteiger partial charge >= 0.3 is 0 Å². The number of hydrogen-bond acceptors (Lipinski definition) is 9. The first-order valence-electron chi connectivity index (χ1n) is 10.6. The van der Waals surface area contributed by atoms with Gasteiger partial charge in [-0.05, 0) is 24.3 Å². The number of non-ortho nitro benzene ring substituents is 1. The van der Waals surface area contributed by atoms with E-state index in [9.17, 15) is 20.0 Å². The van der Waals surface area contributed by atoms with Crippen molar-refractivity contribution in [3.05, 3.63) is 82.9 Å². The van der Waals surface area contributed by atoms with Crippen LogP contribution >= 0.6 is 0 Å². The number of ether oxygens (including phenoxy) is 1. The standard InChI is InChI=1S/C25H20N6O5/c1-15(32)26-21-13-23(30-28-20-10-11-24(33)19-9-4-3-8-18(19)20)25(36-2)14-22(21)29-27-16-6-5-7-17(12-16)31(34)35/h3-14,33H,1-2H3,(H,26,32). The topological polar surface area (TPSA) is 151 Å². The molecule has 4 aromatic carbocycles. The van der Waals surface area contributed by atoms with Crippen LogP contribution in [0.4, 0.5) is 34.1 Å². The third kappa shape index (κ3) is 5.30. The smallest absolute Gasteiger partial charge is 0.271 e. The monoisotopic (exact) mass is 484 g/mol. The van der Waals surface area contributed by atoms with E-state index in [1.54, 1.807) is 18.2 Å². The number of nitrogens with one attached hydrogen (secondary N) is 1. The summed E-state index contributed by atoms with van der Waals surface area (Å²) in [6.07, 6.45) is 0. The molecule has 0 bridgehead atoms. The van der Waals surface area contributed by atoms with Crippen molar-refractivity contribution in [1.29, 1.82) is 0 Å². The van der Waals surface area contributed by atoms with Crippen LogP contribution in [0.25, 0.3) is 10.8 Å². The molecule has 1 amide bonds. The summed E-state index contributed by atoms with van der Waals surface area (Å²) in [5.41, 5.74) is 1.53.